The maximum absolute atomic E-state index is 6.03. The predicted molar refractivity (Wildman–Crippen MR) is 91.4 cm³/mol. The van der Waals surface area contributed by atoms with Crippen molar-refractivity contribution in [3.05, 3.63) is 30.3 Å². The van der Waals surface area contributed by atoms with Gasteiger partial charge in [-0.05, 0) is 18.4 Å². The summed E-state index contributed by atoms with van der Waals surface area (Å²) in [5.74, 6) is 3.09. The summed E-state index contributed by atoms with van der Waals surface area (Å²) >= 11 is 1.85. The molecule has 1 aliphatic heterocycles. The van der Waals surface area contributed by atoms with Crippen LogP contribution in [0.4, 0.5) is 0 Å². The van der Waals surface area contributed by atoms with Crippen LogP contribution in [0.5, 0.6) is 5.75 Å². The molecule has 1 saturated heterocycles. The van der Waals surface area contributed by atoms with E-state index in [-0.39, 0.29) is 0 Å². The maximum atomic E-state index is 6.03. The molecule has 1 N–H and O–H groups in total. The molecule has 1 aromatic carbocycles. The van der Waals surface area contributed by atoms with Gasteiger partial charge in [0.25, 0.3) is 0 Å². The van der Waals surface area contributed by atoms with Gasteiger partial charge in [-0.1, -0.05) is 18.2 Å². The lowest BCUT2D eigenvalue weighted by atomic mass is 10.1. The van der Waals surface area contributed by atoms with E-state index in [2.05, 4.69) is 21.5 Å². The summed E-state index contributed by atoms with van der Waals surface area (Å²) in [6, 6.07) is 10.1. The lowest BCUT2D eigenvalue weighted by Crippen LogP contribution is -2.47. The van der Waals surface area contributed by atoms with Crippen LogP contribution in [-0.2, 0) is 0 Å². The minimum absolute atomic E-state index is 0.313. The third-order valence-corrected chi connectivity index (χ3v) is 4.20. The lowest BCUT2D eigenvalue weighted by molar-refractivity contribution is 0.129. The van der Waals surface area contributed by atoms with Crippen molar-refractivity contribution in [2.24, 2.45) is 4.99 Å². The molecule has 5 heteroatoms. The number of likely N-dealkylation sites (tertiary alicyclic amines) is 1. The zero-order chi connectivity index (χ0) is 14.9. The van der Waals surface area contributed by atoms with Crippen molar-refractivity contribution in [1.82, 2.24) is 10.2 Å². The Kier molecular flexibility index (Phi) is 6.73. The molecule has 0 aliphatic carbocycles. The topological polar surface area (TPSA) is 36.9 Å². The molecule has 0 radical (unpaired) electrons. The Morgan fingerprint density at radius 2 is 2.05 bits per heavy atom. The number of nitrogens with zero attached hydrogens (tertiary/aromatic N) is 2. The molecule has 0 atom stereocenters. The van der Waals surface area contributed by atoms with Gasteiger partial charge in [0.1, 0.15) is 11.9 Å². The number of para-hydroxylation sites is 1. The number of piperidine rings is 1. The molecule has 0 amide bonds. The second-order valence-electron chi connectivity index (χ2n) is 5.08. The molecular formula is C16H25N3OS. The number of benzene rings is 1. The number of aliphatic imine (C=N–C) groups is 1. The number of rotatable bonds is 5. The number of guanidine groups is 1. The quantitative estimate of drug-likeness (QED) is 0.515. The normalized spacial score (nSPS) is 16.9. The molecule has 21 heavy (non-hydrogen) atoms. The van der Waals surface area contributed by atoms with Crippen LogP contribution in [0, 0.1) is 0 Å². The van der Waals surface area contributed by atoms with Crippen molar-refractivity contribution in [1.29, 1.82) is 0 Å². The average molecular weight is 307 g/mol. The van der Waals surface area contributed by atoms with Gasteiger partial charge in [0.2, 0.25) is 0 Å². The minimum Gasteiger partial charge on any atom is -0.490 e. The molecule has 1 aromatic rings. The summed E-state index contributed by atoms with van der Waals surface area (Å²) in [4.78, 5) is 6.70. The van der Waals surface area contributed by atoms with Crippen LogP contribution in [0.15, 0.2) is 35.3 Å². The van der Waals surface area contributed by atoms with Crippen LogP contribution in [0.3, 0.4) is 0 Å². The van der Waals surface area contributed by atoms with Crippen LogP contribution in [0.25, 0.3) is 0 Å². The monoisotopic (exact) mass is 307 g/mol. The van der Waals surface area contributed by atoms with Crippen molar-refractivity contribution in [2.45, 2.75) is 18.9 Å². The lowest BCUT2D eigenvalue weighted by Gasteiger charge is -2.34. The van der Waals surface area contributed by atoms with Gasteiger partial charge in [-0.3, -0.25) is 4.99 Å². The third kappa shape index (κ3) is 5.16. The summed E-state index contributed by atoms with van der Waals surface area (Å²) in [5.41, 5.74) is 0. The van der Waals surface area contributed by atoms with Crippen LogP contribution in [0.2, 0.25) is 0 Å². The Morgan fingerprint density at radius 1 is 1.33 bits per heavy atom. The molecule has 1 aliphatic rings. The molecule has 4 nitrogen and oxygen atoms in total. The molecule has 1 heterocycles. The number of thioether (sulfide) groups is 1. The molecule has 0 bridgehead atoms. The Hall–Kier alpha value is -1.36. The van der Waals surface area contributed by atoms with Gasteiger partial charge in [0.05, 0.1) is 0 Å². The second-order valence-corrected chi connectivity index (χ2v) is 6.07. The number of hydrogen-bond donors (Lipinski definition) is 1. The first kappa shape index (κ1) is 16.0. The van der Waals surface area contributed by atoms with Gasteiger partial charge in [0.15, 0.2) is 5.96 Å². The molecule has 116 valence electrons. The molecular weight excluding hydrogens is 282 g/mol. The third-order valence-electron chi connectivity index (χ3n) is 3.59. The van der Waals surface area contributed by atoms with Gasteiger partial charge in [-0.2, -0.15) is 11.8 Å². The number of nitrogens with one attached hydrogen (secondary N) is 1. The van der Waals surface area contributed by atoms with Gasteiger partial charge in [0, 0.05) is 45.3 Å². The van der Waals surface area contributed by atoms with Gasteiger partial charge in [-0.25, -0.2) is 0 Å². The van der Waals surface area contributed by atoms with Crippen LogP contribution < -0.4 is 10.1 Å². The summed E-state index contributed by atoms with van der Waals surface area (Å²) in [6.45, 7) is 2.96. The largest absolute Gasteiger partial charge is 0.490 e. The highest BCUT2D eigenvalue weighted by Crippen LogP contribution is 2.18. The highest BCUT2D eigenvalue weighted by atomic mass is 32.2. The van der Waals surface area contributed by atoms with Crippen molar-refractivity contribution >= 4 is 17.7 Å². The summed E-state index contributed by atoms with van der Waals surface area (Å²) in [7, 11) is 1.86. The van der Waals surface area contributed by atoms with Crippen LogP contribution in [-0.4, -0.2) is 55.7 Å². The molecule has 1 fully saturated rings. The standard InChI is InChI=1S/C16H25N3OS/c1-17-16(18-10-13-21-2)19-11-8-15(9-12-19)20-14-6-4-3-5-7-14/h3-7,15H,8-13H2,1-2H3,(H,17,18). The van der Waals surface area contributed by atoms with Crippen molar-refractivity contribution in [2.75, 3.05) is 38.7 Å². The molecule has 0 saturated carbocycles. The zero-order valence-corrected chi connectivity index (χ0v) is 13.7. The maximum Gasteiger partial charge on any atom is 0.193 e. The molecule has 0 aromatic heterocycles. The first-order valence-corrected chi connectivity index (χ1v) is 8.89. The molecule has 2 rings (SSSR count). The van der Waals surface area contributed by atoms with E-state index < -0.39 is 0 Å². The molecule has 0 spiro atoms. The van der Waals surface area contributed by atoms with Crippen molar-refractivity contribution in [3.63, 3.8) is 0 Å². The minimum atomic E-state index is 0.313. The zero-order valence-electron chi connectivity index (χ0n) is 12.9. The highest BCUT2D eigenvalue weighted by molar-refractivity contribution is 7.98. The fourth-order valence-electron chi connectivity index (χ4n) is 2.47. The summed E-state index contributed by atoms with van der Waals surface area (Å²) < 4.78 is 6.03. The van der Waals surface area contributed by atoms with E-state index >= 15 is 0 Å². The van der Waals surface area contributed by atoms with E-state index in [4.69, 9.17) is 4.74 Å². The van der Waals surface area contributed by atoms with Gasteiger partial charge < -0.3 is 15.0 Å². The van der Waals surface area contributed by atoms with Crippen LogP contribution >= 0.6 is 11.8 Å². The average Bonchev–Trinajstić information content (AvgIpc) is 2.54. The van der Waals surface area contributed by atoms with E-state index in [9.17, 15) is 0 Å². The van der Waals surface area contributed by atoms with Gasteiger partial charge >= 0.3 is 0 Å². The Labute approximate surface area is 132 Å². The van der Waals surface area contributed by atoms with Crippen molar-refractivity contribution in [3.8, 4) is 5.75 Å². The summed E-state index contributed by atoms with van der Waals surface area (Å²) in [5, 5.41) is 3.42. The SMILES string of the molecule is CN=C(NCCSC)N1CCC(Oc2ccccc2)CC1. The van der Waals surface area contributed by atoms with E-state index in [1.165, 1.54) is 0 Å². The molecule has 0 unspecified atom stereocenters. The smallest absolute Gasteiger partial charge is 0.193 e. The fourth-order valence-corrected chi connectivity index (χ4v) is 2.78. The van der Waals surface area contributed by atoms with E-state index in [1.54, 1.807) is 0 Å². The van der Waals surface area contributed by atoms with E-state index in [0.29, 0.717) is 6.10 Å². The Bertz CT molecular complexity index is 430. The van der Waals surface area contributed by atoms with Crippen molar-refractivity contribution < 1.29 is 4.74 Å². The van der Waals surface area contributed by atoms with Crippen LogP contribution in [0.1, 0.15) is 12.8 Å². The fraction of sp³-hybridized carbons (Fsp3) is 0.562. The van der Waals surface area contributed by atoms with E-state index in [0.717, 1.165) is 49.9 Å². The predicted octanol–water partition coefficient (Wildman–Crippen LogP) is 2.47. The first-order chi connectivity index (χ1) is 10.3. The highest BCUT2D eigenvalue weighted by Gasteiger charge is 2.22. The van der Waals surface area contributed by atoms with E-state index in [1.807, 2.05) is 49.1 Å². The Balaban J connectivity index is 1.77. The van der Waals surface area contributed by atoms with Gasteiger partial charge in [-0.15, -0.1) is 0 Å². The first-order valence-electron chi connectivity index (χ1n) is 7.49. The Morgan fingerprint density at radius 3 is 2.67 bits per heavy atom. The number of hydrogen-bond acceptors (Lipinski definition) is 3. The second kappa shape index (κ2) is 8.82. The number of ether oxygens (including phenoxy) is 1. The summed E-state index contributed by atoms with van der Waals surface area (Å²) in [6.07, 6.45) is 4.51.